The van der Waals surface area contributed by atoms with Crippen molar-refractivity contribution in [3.8, 4) is 0 Å². The number of hydrogen-bond acceptors (Lipinski definition) is 3. The van der Waals surface area contributed by atoms with E-state index >= 15 is 0 Å². The van der Waals surface area contributed by atoms with Gasteiger partial charge >= 0.3 is 0 Å². The number of hydrogen-bond donors (Lipinski definition) is 2. The van der Waals surface area contributed by atoms with Gasteiger partial charge in [0.1, 0.15) is 0 Å². The van der Waals surface area contributed by atoms with Gasteiger partial charge in [0.2, 0.25) is 5.91 Å². The van der Waals surface area contributed by atoms with Crippen LogP contribution in [0.5, 0.6) is 0 Å². The summed E-state index contributed by atoms with van der Waals surface area (Å²) in [4.78, 5) is 13.9. The van der Waals surface area contributed by atoms with E-state index in [0.29, 0.717) is 11.5 Å². The smallest absolute Gasteiger partial charge is 0.248 e. The fourth-order valence-electron chi connectivity index (χ4n) is 4.54. The van der Waals surface area contributed by atoms with Crippen LogP contribution in [0.3, 0.4) is 0 Å². The number of piperazine rings is 1. The van der Waals surface area contributed by atoms with Gasteiger partial charge in [0.15, 0.2) is 0 Å². The van der Waals surface area contributed by atoms with Crippen LogP contribution in [0.4, 0.5) is 5.69 Å². The van der Waals surface area contributed by atoms with E-state index in [9.17, 15) is 4.79 Å². The molecule has 4 heteroatoms. The highest BCUT2D eigenvalue weighted by Crippen LogP contribution is 2.45. The van der Waals surface area contributed by atoms with Crippen molar-refractivity contribution >= 4 is 17.7 Å². The summed E-state index contributed by atoms with van der Waals surface area (Å²) in [5.41, 5.74) is 9.79. The lowest BCUT2D eigenvalue weighted by Crippen LogP contribution is -2.63. The summed E-state index contributed by atoms with van der Waals surface area (Å²) in [7, 11) is 0. The molecule has 0 aromatic heterocycles. The van der Waals surface area contributed by atoms with Crippen LogP contribution in [0.25, 0.3) is 6.08 Å². The molecule has 1 aliphatic carbocycles. The summed E-state index contributed by atoms with van der Waals surface area (Å²) < 4.78 is 0. The molecular weight excluding hydrogens is 322 g/mol. The molecular formula is C22H25N3O. The molecule has 4 rings (SSSR count). The minimum atomic E-state index is -0.383. The van der Waals surface area contributed by atoms with Crippen molar-refractivity contribution in [2.75, 3.05) is 24.5 Å². The first-order chi connectivity index (χ1) is 12.7. The van der Waals surface area contributed by atoms with Crippen LogP contribution in [0.2, 0.25) is 0 Å². The van der Waals surface area contributed by atoms with Gasteiger partial charge in [-0.2, -0.15) is 0 Å². The van der Waals surface area contributed by atoms with Gasteiger partial charge in [-0.15, -0.1) is 0 Å². The molecule has 1 aliphatic heterocycles. The maximum Gasteiger partial charge on any atom is 0.248 e. The molecule has 2 unspecified atom stereocenters. The Morgan fingerprint density at radius 1 is 1.23 bits per heavy atom. The van der Waals surface area contributed by atoms with Gasteiger partial charge in [0.05, 0.1) is 5.54 Å². The Hall–Kier alpha value is -2.59. The number of fused-ring (bicyclic) bond motifs is 1. The van der Waals surface area contributed by atoms with Crippen molar-refractivity contribution in [2.24, 2.45) is 5.73 Å². The Bertz CT molecular complexity index is 843. The summed E-state index contributed by atoms with van der Waals surface area (Å²) in [5, 5.41) is 3.61. The lowest BCUT2D eigenvalue weighted by molar-refractivity contribution is 0.100. The minimum Gasteiger partial charge on any atom is -0.366 e. The Kier molecular flexibility index (Phi) is 4.29. The predicted molar refractivity (Wildman–Crippen MR) is 106 cm³/mol. The number of amides is 1. The topological polar surface area (TPSA) is 58.4 Å². The summed E-state index contributed by atoms with van der Waals surface area (Å²) >= 11 is 0. The zero-order valence-electron chi connectivity index (χ0n) is 15.1. The number of rotatable bonds is 4. The van der Waals surface area contributed by atoms with Crippen molar-refractivity contribution in [3.05, 3.63) is 71.3 Å². The first-order valence-electron chi connectivity index (χ1n) is 9.31. The lowest BCUT2D eigenvalue weighted by atomic mass is 9.75. The average Bonchev–Trinajstić information content (AvgIpc) is 3.12. The van der Waals surface area contributed by atoms with E-state index in [4.69, 9.17) is 5.73 Å². The second kappa shape index (κ2) is 6.61. The number of carbonyl (C=O) groups is 1. The quantitative estimate of drug-likeness (QED) is 0.893. The maximum absolute atomic E-state index is 11.4. The number of nitrogens with zero attached hydrogens (tertiary/aromatic N) is 1. The molecule has 0 saturated carbocycles. The SMILES string of the molecule is CCC1(C2C=Cc3ccccc32)CNCCN1c1ccc(C(N)=O)cc1. The molecule has 4 nitrogen and oxygen atoms in total. The Morgan fingerprint density at radius 3 is 2.73 bits per heavy atom. The highest BCUT2D eigenvalue weighted by atomic mass is 16.1. The van der Waals surface area contributed by atoms with Crippen LogP contribution in [0.1, 0.15) is 40.7 Å². The van der Waals surface area contributed by atoms with Gasteiger partial charge in [0, 0.05) is 36.8 Å². The van der Waals surface area contributed by atoms with E-state index < -0.39 is 0 Å². The number of carbonyl (C=O) groups excluding carboxylic acids is 1. The number of nitrogens with two attached hydrogens (primary N) is 1. The average molecular weight is 347 g/mol. The molecule has 1 heterocycles. The standard InChI is InChI=1S/C22H25N3O/c1-2-22(20-12-9-16-5-3-4-6-19(16)20)15-24-13-14-25(22)18-10-7-17(8-11-18)21(23)26/h3-12,20,24H,2,13-15H2,1H3,(H2,23,26). The predicted octanol–water partition coefficient (Wildman–Crippen LogP) is 3.15. The molecule has 2 atom stereocenters. The van der Waals surface area contributed by atoms with Crippen LogP contribution >= 0.6 is 0 Å². The summed E-state index contributed by atoms with van der Waals surface area (Å²) in [6, 6.07) is 16.4. The number of benzene rings is 2. The molecule has 2 aromatic carbocycles. The largest absolute Gasteiger partial charge is 0.366 e. The molecule has 3 N–H and O–H groups in total. The van der Waals surface area contributed by atoms with E-state index in [1.165, 1.54) is 11.1 Å². The Morgan fingerprint density at radius 2 is 2.00 bits per heavy atom. The third kappa shape index (κ3) is 2.61. The zero-order valence-corrected chi connectivity index (χ0v) is 15.1. The van der Waals surface area contributed by atoms with Crippen LogP contribution in [0.15, 0.2) is 54.6 Å². The van der Waals surface area contributed by atoms with E-state index in [-0.39, 0.29) is 11.4 Å². The Labute approximate surface area is 154 Å². The number of primary amides is 1. The van der Waals surface area contributed by atoms with E-state index in [1.54, 1.807) is 0 Å². The van der Waals surface area contributed by atoms with Gasteiger partial charge in [-0.05, 0) is 41.8 Å². The molecule has 1 saturated heterocycles. The van der Waals surface area contributed by atoms with Gasteiger partial charge in [-0.1, -0.05) is 43.3 Å². The third-order valence-corrected chi connectivity index (χ3v) is 5.93. The molecule has 26 heavy (non-hydrogen) atoms. The van der Waals surface area contributed by atoms with Crippen LogP contribution in [-0.2, 0) is 0 Å². The van der Waals surface area contributed by atoms with Crippen LogP contribution < -0.4 is 16.0 Å². The molecule has 2 aliphatic rings. The van der Waals surface area contributed by atoms with E-state index in [0.717, 1.165) is 31.7 Å². The summed E-state index contributed by atoms with van der Waals surface area (Å²) in [6.45, 7) is 5.10. The third-order valence-electron chi connectivity index (χ3n) is 5.93. The maximum atomic E-state index is 11.4. The van der Waals surface area contributed by atoms with Gasteiger partial charge in [-0.25, -0.2) is 0 Å². The Balaban J connectivity index is 1.75. The highest BCUT2D eigenvalue weighted by Gasteiger charge is 2.45. The van der Waals surface area contributed by atoms with Crippen molar-refractivity contribution in [3.63, 3.8) is 0 Å². The molecule has 1 amide bonds. The summed E-state index contributed by atoms with van der Waals surface area (Å²) in [5.74, 6) is -0.0430. The molecule has 1 fully saturated rings. The highest BCUT2D eigenvalue weighted by molar-refractivity contribution is 5.93. The van der Waals surface area contributed by atoms with Crippen LogP contribution in [-0.4, -0.2) is 31.1 Å². The van der Waals surface area contributed by atoms with Crippen molar-refractivity contribution in [2.45, 2.75) is 24.8 Å². The van der Waals surface area contributed by atoms with Gasteiger partial charge in [-0.3, -0.25) is 4.79 Å². The first kappa shape index (κ1) is 16.9. The molecule has 0 bridgehead atoms. The van der Waals surface area contributed by atoms with Crippen LogP contribution in [0, 0.1) is 0 Å². The van der Waals surface area contributed by atoms with Gasteiger partial charge in [0.25, 0.3) is 0 Å². The molecule has 2 aromatic rings. The molecule has 134 valence electrons. The molecule has 0 radical (unpaired) electrons. The van der Waals surface area contributed by atoms with E-state index in [2.05, 4.69) is 53.6 Å². The van der Waals surface area contributed by atoms with E-state index in [1.807, 2.05) is 24.3 Å². The first-order valence-corrected chi connectivity index (χ1v) is 9.31. The number of nitrogens with one attached hydrogen (secondary N) is 1. The fraction of sp³-hybridized carbons (Fsp3) is 0.318. The minimum absolute atomic E-state index is 0.0321. The van der Waals surface area contributed by atoms with Gasteiger partial charge < -0.3 is 16.0 Å². The molecule has 0 spiro atoms. The van der Waals surface area contributed by atoms with Crippen molar-refractivity contribution in [1.29, 1.82) is 0 Å². The second-order valence-corrected chi connectivity index (χ2v) is 7.16. The monoisotopic (exact) mass is 347 g/mol. The normalized spacial score (nSPS) is 24.5. The fourth-order valence-corrected chi connectivity index (χ4v) is 4.54. The zero-order chi connectivity index (χ0) is 18.1. The summed E-state index contributed by atoms with van der Waals surface area (Å²) in [6.07, 6.45) is 5.63. The second-order valence-electron chi connectivity index (χ2n) is 7.16. The van der Waals surface area contributed by atoms with Crippen molar-refractivity contribution in [1.82, 2.24) is 5.32 Å². The lowest BCUT2D eigenvalue weighted by Gasteiger charge is -2.52. The number of anilines is 1. The van der Waals surface area contributed by atoms with Crippen molar-refractivity contribution < 1.29 is 4.79 Å².